The Labute approximate surface area is 102 Å². The van der Waals surface area contributed by atoms with E-state index in [1.807, 2.05) is 27.7 Å². The monoisotopic (exact) mass is 234 g/mol. The third-order valence-corrected chi connectivity index (χ3v) is 3.84. The van der Waals surface area contributed by atoms with E-state index in [2.05, 4.69) is 6.08 Å². The molecule has 2 rings (SSSR count). The van der Waals surface area contributed by atoms with Crippen molar-refractivity contribution in [1.82, 2.24) is 0 Å². The maximum absolute atomic E-state index is 11.6. The fourth-order valence-electron chi connectivity index (χ4n) is 2.80. The first-order chi connectivity index (χ1) is 7.91. The van der Waals surface area contributed by atoms with Crippen LogP contribution in [0.25, 0.3) is 0 Å². The van der Waals surface area contributed by atoms with Crippen molar-refractivity contribution < 1.29 is 14.3 Å². The normalized spacial score (nSPS) is 32.4. The lowest BCUT2D eigenvalue weighted by atomic mass is 9.71. The third-order valence-electron chi connectivity index (χ3n) is 3.84. The summed E-state index contributed by atoms with van der Waals surface area (Å²) in [5, 5.41) is 0. The number of hydrogen-bond acceptors (Lipinski definition) is 3. The molecule has 3 nitrogen and oxygen atoms in total. The second kappa shape index (κ2) is 4.13. The zero-order chi connectivity index (χ0) is 12.7. The van der Waals surface area contributed by atoms with Gasteiger partial charge in [0.25, 0.3) is 0 Å². The van der Waals surface area contributed by atoms with Crippen molar-refractivity contribution in [3.8, 4) is 0 Å². The summed E-state index contributed by atoms with van der Waals surface area (Å²) in [6, 6.07) is 0. The molecule has 0 unspecified atom stereocenters. The van der Waals surface area contributed by atoms with Gasteiger partial charge in [-0.15, -0.1) is 0 Å². The van der Waals surface area contributed by atoms with Crippen LogP contribution in [0, 0.1) is 17.8 Å². The van der Waals surface area contributed by atoms with Crippen LogP contribution in [0.1, 0.15) is 34.1 Å². The summed E-state index contributed by atoms with van der Waals surface area (Å²) in [5.41, 5.74) is 3.60. The summed E-state index contributed by atoms with van der Waals surface area (Å²) in [6.07, 6.45) is 2.74. The maximum atomic E-state index is 11.6. The molecule has 0 amide bonds. The van der Waals surface area contributed by atoms with E-state index < -0.39 is 0 Å². The number of rotatable bonds is 1. The predicted molar refractivity (Wildman–Crippen MR) is 64.0 cm³/mol. The van der Waals surface area contributed by atoms with Crippen molar-refractivity contribution in [3.05, 3.63) is 22.8 Å². The second-order valence-corrected chi connectivity index (χ2v) is 5.30. The molecular formula is C14H18O3. The Hall–Kier alpha value is -1.38. The Bertz CT molecular complexity index is 438. The van der Waals surface area contributed by atoms with Gasteiger partial charge in [0, 0.05) is 0 Å². The molecule has 0 aromatic carbocycles. The van der Waals surface area contributed by atoms with Gasteiger partial charge in [0.05, 0.1) is 11.8 Å². The largest absolute Gasteiger partial charge is 0.393 e. The molecule has 1 aliphatic carbocycles. The summed E-state index contributed by atoms with van der Waals surface area (Å²) in [6.45, 7) is 8.13. The first-order valence-electron chi connectivity index (χ1n) is 6.02. The standard InChI is InChI=1S/C14H18O3/c1-7(2)5-10-6-11-12(9(4)8(10)3)14(16)17-13(11)15/h5,9,11-12H,6H2,1-4H3/t9-,11-,12+/m1/s1. The lowest BCUT2D eigenvalue weighted by molar-refractivity contribution is -0.154. The number of esters is 2. The molecule has 0 aromatic rings. The van der Waals surface area contributed by atoms with Gasteiger partial charge >= 0.3 is 11.9 Å². The average Bonchev–Trinajstić information content (AvgIpc) is 2.49. The van der Waals surface area contributed by atoms with E-state index >= 15 is 0 Å². The van der Waals surface area contributed by atoms with E-state index in [-0.39, 0.29) is 29.7 Å². The highest BCUT2D eigenvalue weighted by molar-refractivity contribution is 5.97. The van der Waals surface area contributed by atoms with Gasteiger partial charge in [-0.05, 0) is 38.7 Å². The molecule has 92 valence electrons. The van der Waals surface area contributed by atoms with Gasteiger partial charge in [0.2, 0.25) is 0 Å². The van der Waals surface area contributed by atoms with Gasteiger partial charge in [-0.25, -0.2) is 0 Å². The highest BCUT2D eigenvalue weighted by Crippen LogP contribution is 2.43. The molecule has 17 heavy (non-hydrogen) atoms. The first kappa shape index (κ1) is 12.1. The lowest BCUT2D eigenvalue weighted by Crippen LogP contribution is -2.30. The highest BCUT2D eigenvalue weighted by atomic mass is 16.6. The van der Waals surface area contributed by atoms with Crippen LogP contribution >= 0.6 is 0 Å². The quantitative estimate of drug-likeness (QED) is 0.517. The molecule has 0 spiro atoms. The highest BCUT2D eigenvalue weighted by Gasteiger charge is 2.49. The Morgan fingerprint density at radius 1 is 1.29 bits per heavy atom. The van der Waals surface area contributed by atoms with E-state index in [0.29, 0.717) is 6.42 Å². The van der Waals surface area contributed by atoms with Crippen LogP contribution in [-0.2, 0) is 14.3 Å². The van der Waals surface area contributed by atoms with Crippen molar-refractivity contribution in [3.63, 3.8) is 0 Å². The SMILES string of the molecule is CC(C)=CC1=C(C)[C@@H](C)[C@@H]2C(=O)OC(=O)[C@@H]2C1. The molecule has 1 saturated heterocycles. The van der Waals surface area contributed by atoms with Crippen LogP contribution in [-0.4, -0.2) is 11.9 Å². The van der Waals surface area contributed by atoms with Crippen LogP contribution in [0.5, 0.6) is 0 Å². The number of fused-ring (bicyclic) bond motifs is 1. The summed E-state index contributed by atoms with van der Waals surface area (Å²) in [4.78, 5) is 23.2. The number of carbonyl (C=O) groups is 2. The van der Waals surface area contributed by atoms with E-state index in [0.717, 1.165) is 0 Å². The van der Waals surface area contributed by atoms with Gasteiger partial charge < -0.3 is 4.74 Å². The summed E-state index contributed by atoms with van der Waals surface area (Å²) in [5.74, 6) is -1.14. The van der Waals surface area contributed by atoms with Crippen molar-refractivity contribution in [2.75, 3.05) is 0 Å². The Morgan fingerprint density at radius 2 is 1.94 bits per heavy atom. The number of allylic oxidation sites excluding steroid dienone is 4. The van der Waals surface area contributed by atoms with E-state index in [9.17, 15) is 9.59 Å². The molecule has 0 N–H and O–H groups in total. The van der Waals surface area contributed by atoms with Gasteiger partial charge in [-0.2, -0.15) is 0 Å². The average molecular weight is 234 g/mol. The zero-order valence-electron chi connectivity index (χ0n) is 10.7. The zero-order valence-corrected chi connectivity index (χ0v) is 10.7. The number of cyclic esters (lactones) is 2. The van der Waals surface area contributed by atoms with Gasteiger partial charge in [0.15, 0.2) is 0 Å². The van der Waals surface area contributed by atoms with E-state index in [1.54, 1.807) is 0 Å². The molecule has 3 heteroatoms. The molecule has 0 bridgehead atoms. The van der Waals surface area contributed by atoms with Crippen LogP contribution in [0.2, 0.25) is 0 Å². The topological polar surface area (TPSA) is 43.4 Å². The molecular weight excluding hydrogens is 216 g/mol. The van der Waals surface area contributed by atoms with Gasteiger partial charge in [-0.1, -0.05) is 24.1 Å². The molecule has 2 aliphatic rings. The first-order valence-corrected chi connectivity index (χ1v) is 6.02. The number of carbonyl (C=O) groups excluding carboxylic acids is 2. The number of hydrogen-bond donors (Lipinski definition) is 0. The van der Waals surface area contributed by atoms with E-state index in [4.69, 9.17) is 4.74 Å². The van der Waals surface area contributed by atoms with Crippen molar-refractivity contribution in [2.24, 2.45) is 17.8 Å². The number of ether oxygens (including phenoxy) is 1. The second-order valence-electron chi connectivity index (χ2n) is 5.30. The summed E-state index contributed by atoms with van der Waals surface area (Å²) < 4.78 is 4.76. The third kappa shape index (κ3) is 1.94. The Kier molecular flexibility index (Phi) is 2.94. The molecule has 1 aliphatic heterocycles. The minimum absolute atomic E-state index is 0.0956. The molecule has 3 atom stereocenters. The summed E-state index contributed by atoms with van der Waals surface area (Å²) >= 11 is 0. The molecule has 1 heterocycles. The summed E-state index contributed by atoms with van der Waals surface area (Å²) in [7, 11) is 0. The Balaban J connectivity index is 2.40. The van der Waals surface area contributed by atoms with Crippen molar-refractivity contribution in [1.29, 1.82) is 0 Å². The molecule has 1 fully saturated rings. The minimum Gasteiger partial charge on any atom is -0.393 e. The van der Waals surface area contributed by atoms with Gasteiger partial charge in [-0.3, -0.25) is 9.59 Å². The molecule has 0 saturated carbocycles. The van der Waals surface area contributed by atoms with Crippen molar-refractivity contribution >= 4 is 11.9 Å². The van der Waals surface area contributed by atoms with E-state index in [1.165, 1.54) is 16.7 Å². The van der Waals surface area contributed by atoms with Crippen LogP contribution in [0.3, 0.4) is 0 Å². The maximum Gasteiger partial charge on any atom is 0.318 e. The van der Waals surface area contributed by atoms with Crippen molar-refractivity contribution in [2.45, 2.75) is 34.1 Å². The predicted octanol–water partition coefficient (Wildman–Crippen LogP) is 2.62. The molecule has 0 aromatic heterocycles. The lowest BCUT2D eigenvalue weighted by Gasteiger charge is -2.29. The van der Waals surface area contributed by atoms with Gasteiger partial charge in [0.1, 0.15) is 0 Å². The smallest absolute Gasteiger partial charge is 0.318 e. The van der Waals surface area contributed by atoms with Crippen LogP contribution in [0.15, 0.2) is 22.8 Å². The minimum atomic E-state index is -0.348. The Morgan fingerprint density at radius 3 is 2.53 bits per heavy atom. The van der Waals surface area contributed by atoms with Crippen LogP contribution < -0.4 is 0 Å². The molecule has 0 radical (unpaired) electrons. The fraction of sp³-hybridized carbons (Fsp3) is 0.571. The fourth-order valence-corrected chi connectivity index (χ4v) is 2.80. The van der Waals surface area contributed by atoms with Crippen LogP contribution in [0.4, 0.5) is 0 Å².